The molecule has 6 aliphatic carbocycles. The third-order valence-electron chi connectivity index (χ3n) is 11.8. The van der Waals surface area contributed by atoms with Gasteiger partial charge in [0, 0.05) is 11.0 Å². The number of rotatable bonds is 4. The van der Waals surface area contributed by atoms with Gasteiger partial charge in [0.1, 0.15) is 11.0 Å². The van der Waals surface area contributed by atoms with E-state index in [2.05, 4.69) is 40.7 Å². The number of ketones is 3. The second kappa shape index (κ2) is 7.00. The maximum absolute atomic E-state index is 15.0. The van der Waals surface area contributed by atoms with E-state index in [1.807, 2.05) is 44.2 Å². The molecule has 5 bridgehead atoms. The van der Waals surface area contributed by atoms with Gasteiger partial charge < -0.3 is 5.11 Å². The van der Waals surface area contributed by atoms with Crippen LogP contribution in [0.3, 0.4) is 0 Å². The molecule has 4 nitrogen and oxygen atoms in total. The van der Waals surface area contributed by atoms with Gasteiger partial charge in [0.25, 0.3) is 0 Å². The Kier molecular flexibility index (Phi) is 4.72. The van der Waals surface area contributed by atoms with Crippen LogP contribution in [0.25, 0.3) is 0 Å². The van der Waals surface area contributed by atoms with Crippen molar-refractivity contribution in [2.75, 3.05) is 0 Å². The summed E-state index contributed by atoms with van der Waals surface area (Å²) in [5.74, 6) is -1.01. The minimum Gasteiger partial charge on any atom is -0.387 e. The first-order valence-corrected chi connectivity index (χ1v) is 13.9. The molecule has 0 amide bonds. The summed E-state index contributed by atoms with van der Waals surface area (Å²) in [6.07, 6.45) is 6.54. The zero-order valence-corrected chi connectivity index (χ0v) is 23.3. The van der Waals surface area contributed by atoms with Crippen molar-refractivity contribution in [3.05, 3.63) is 58.7 Å². The van der Waals surface area contributed by atoms with Crippen molar-refractivity contribution in [1.29, 1.82) is 0 Å². The van der Waals surface area contributed by atoms with E-state index in [9.17, 15) is 14.7 Å². The highest BCUT2D eigenvalue weighted by molar-refractivity contribution is 6.29. The van der Waals surface area contributed by atoms with Gasteiger partial charge in [0.15, 0.2) is 17.3 Å². The first kappa shape index (κ1) is 25.0. The van der Waals surface area contributed by atoms with E-state index >= 15 is 4.79 Å². The third kappa shape index (κ3) is 2.32. The van der Waals surface area contributed by atoms with Gasteiger partial charge >= 0.3 is 0 Å². The average Bonchev–Trinajstić information content (AvgIpc) is 3.15. The van der Waals surface area contributed by atoms with Gasteiger partial charge in [-0.05, 0) is 82.6 Å². The van der Waals surface area contributed by atoms with Gasteiger partial charge in [-0.15, -0.1) is 0 Å². The fraction of sp³-hybridized carbons (Fsp3) is 0.606. The lowest BCUT2D eigenvalue weighted by atomic mass is 9.33. The summed E-state index contributed by atoms with van der Waals surface area (Å²) >= 11 is 0. The van der Waals surface area contributed by atoms with Crippen LogP contribution in [0.1, 0.15) is 96.5 Å². The highest BCUT2D eigenvalue weighted by Gasteiger charge is 2.97. The quantitative estimate of drug-likeness (QED) is 0.397. The molecule has 0 radical (unpaired) electrons. The smallest absolute Gasteiger partial charge is 0.180 e. The molecule has 1 aromatic carbocycles. The van der Waals surface area contributed by atoms with E-state index in [1.54, 1.807) is 0 Å². The number of hydrogen-bond donors (Lipinski definition) is 1. The molecule has 0 unspecified atom stereocenters. The Balaban J connectivity index is 1.71. The molecule has 7 atom stereocenters. The van der Waals surface area contributed by atoms with Crippen LogP contribution in [0, 0.1) is 33.5 Å². The SMILES string of the molecule is CC(C)=CC[C@@H]1C[C@]23C[C@@H]4C(C)(C)c5ccccc5C(=O)[C@@]45C(=O)[C@](CC=C(C)C)(C[C@]1(C)[C@@]25O)C3=O. The molecule has 0 aliphatic heterocycles. The molecule has 37 heavy (non-hydrogen) atoms. The number of fused-ring (bicyclic) bond motifs is 1. The van der Waals surface area contributed by atoms with Gasteiger partial charge in [-0.25, -0.2) is 0 Å². The predicted octanol–water partition coefficient (Wildman–Crippen LogP) is 6.17. The first-order valence-electron chi connectivity index (χ1n) is 13.9. The Hall–Kier alpha value is -2.33. The Bertz CT molecular complexity index is 1340. The van der Waals surface area contributed by atoms with Crippen molar-refractivity contribution in [2.24, 2.45) is 33.5 Å². The summed E-state index contributed by atoms with van der Waals surface area (Å²) in [4.78, 5) is 44.7. The highest BCUT2D eigenvalue weighted by atomic mass is 16.3. The topological polar surface area (TPSA) is 71.4 Å². The summed E-state index contributed by atoms with van der Waals surface area (Å²) in [7, 11) is 0. The van der Waals surface area contributed by atoms with Crippen molar-refractivity contribution in [3.63, 3.8) is 0 Å². The fourth-order valence-electron chi connectivity index (χ4n) is 10.3. The van der Waals surface area contributed by atoms with Crippen LogP contribution < -0.4 is 0 Å². The lowest BCUT2D eigenvalue weighted by molar-refractivity contribution is -0.240. The molecule has 0 saturated heterocycles. The summed E-state index contributed by atoms with van der Waals surface area (Å²) < 4.78 is 0. The predicted molar refractivity (Wildman–Crippen MR) is 143 cm³/mol. The molecular weight excluding hydrogens is 460 g/mol. The Labute approximate surface area is 220 Å². The summed E-state index contributed by atoms with van der Waals surface area (Å²) in [5, 5.41) is 13.3. The third-order valence-corrected chi connectivity index (χ3v) is 11.8. The summed E-state index contributed by atoms with van der Waals surface area (Å²) in [6, 6.07) is 7.61. The molecule has 0 aromatic heterocycles. The number of Topliss-reactive ketones (excluding diaryl/α,β-unsaturated/α-hetero) is 3. The number of carbonyl (C=O) groups is 3. The van der Waals surface area contributed by atoms with E-state index in [1.165, 1.54) is 5.57 Å². The number of aliphatic hydroxyl groups is 1. The summed E-state index contributed by atoms with van der Waals surface area (Å²) in [5.41, 5.74) is -3.14. The average molecular weight is 501 g/mol. The largest absolute Gasteiger partial charge is 0.387 e. The minimum absolute atomic E-state index is 0.0314. The molecule has 0 heterocycles. The number of carbonyl (C=O) groups excluding carboxylic acids is 3. The van der Waals surface area contributed by atoms with E-state index in [4.69, 9.17) is 0 Å². The number of hydrogen-bond acceptors (Lipinski definition) is 4. The zero-order chi connectivity index (χ0) is 27.0. The van der Waals surface area contributed by atoms with Crippen LogP contribution in [0.4, 0.5) is 0 Å². The van der Waals surface area contributed by atoms with Crippen LogP contribution in [0.15, 0.2) is 47.6 Å². The molecular formula is C33H40O4. The minimum atomic E-state index is -1.68. The fourth-order valence-corrected chi connectivity index (χ4v) is 10.3. The molecule has 7 rings (SSSR count). The van der Waals surface area contributed by atoms with Crippen molar-refractivity contribution in [2.45, 2.75) is 91.6 Å². The number of allylic oxidation sites excluding steroid dienone is 4. The van der Waals surface area contributed by atoms with Crippen molar-refractivity contribution in [1.82, 2.24) is 0 Å². The number of benzene rings is 1. The monoisotopic (exact) mass is 500 g/mol. The second-order valence-electron chi connectivity index (χ2n) is 14.2. The molecule has 1 N–H and O–H groups in total. The van der Waals surface area contributed by atoms with Crippen LogP contribution in [-0.4, -0.2) is 28.1 Å². The molecule has 5 fully saturated rings. The normalized spacial score (nSPS) is 43.9. The van der Waals surface area contributed by atoms with Gasteiger partial charge in [0.05, 0.1) is 10.8 Å². The molecule has 4 heteroatoms. The second-order valence-corrected chi connectivity index (χ2v) is 14.2. The lowest BCUT2D eigenvalue weighted by Gasteiger charge is -2.68. The maximum Gasteiger partial charge on any atom is 0.180 e. The molecule has 1 spiro atoms. The highest BCUT2D eigenvalue weighted by Crippen LogP contribution is 2.87. The van der Waals surface area contributed by atoms with Gasteiger partial charge in [-0.1, -0.05) is 68.3 Å². The van der Waals surface area contributed by atoms with Crippen LogP contribution in [-0.2, 0) is 15.0 Å². The van der Waals surface area contributed by atoms with Crippen molar-refractivity contribution < 1.29 is 19.5 Å². The Morgan fingerprint density at radius 3 is 2.24 bits per heavy atom. The zero-order valence-electron chi connectivity index (χ0n) is 23.3. The Morgan fingerprint density at radius 1 is 0.946 bits per heavy atom. The van der Waals surface area contributed by atoms with E-state index in [0.717, 1.165) is 17.6 Å². The summed E-state index contributed by atoms with van der Waals surface area (Å²) in [6.45, 7) is 14.4. The molecule has 1 aromatic rings. The van der Waals surface area contributed by atoms with Gasteiger partial charge in [-0.2, -0.15) is 0 Å². The van der Waals surface area contributed by atoms with Gasteiger partial charge in [-0.3, -0.25) is 14.4 Å². The Morgan fingerprint density at radius 2 is 1.59 bits per heavy atom. The molecule has 5 saturated carbocycles. The van der Waals surface area contributed by atoms with Crippen LogP contribution in [0.2, 0.25) is 0 Å². The van der Waals surface area contributed by atoms with Crippen LogP contribution >= 0.6 is 0 Å². The van der Waals surface area contributed by atoms with Gasteiger partial charge in [0.2, 0.25) is 0 Å². The van der Waals surface area contributed by atoms with E-state index < -0.39 is 38.6 Å². The van der Waals surface area contributed by atoms with Crippen molar-refractivity contribution in [3.8, 4) is 0 Å². The van der Waals surface area contributed by atoms with E-state index in [0.29, 0.717) is 31.2 Å². The van der Waals surface area contributed by atoms with Crippen molar-refractivity contribution >= 4 is 17.3 Å². The van der Waals surface area contributed by atoms with Crippen LogP contribution in [0.5, 0.6) is 0 Å². The lowest BCUT2D eigenvalue weighted by Crippen LogP contribution is -2.82. The molecule has 6 aliphatic rings. The first-order chi connectivity index (χ1) is 17.2. The molecule has 196 valence electrons. The van der Waals surface area contributed by atoms with E-state index in [-0.39, 0.29) is 23.3 Å². The standard InChI is InChI=1S/C33H40O4/c1-19(2)12-13-21-16-31-17-24-28(5,6)23-11-9-8-10-22(23)25(34)32(24)27(36)30(26(31)35,15-14-20(3)4)18-29(21,7)33(31,32)37/h8-12,14,21,24,37H,13,15-18H2,1-7H3/t21-,24-,29+,30-,31-,32-,33-/m1/s1. The maximum atomic E-state index is 15.0.